The van der Waals surface area contributed by atoms with E-state index in [0.29, 0.717) is 6.07 Å². The molecule has 2 radical (unpaired) electrons. The predicted molar refractivity (Wildman–Crippen MR) is 65.5 cm³/mol. The number of halogens is 6. The third kappa shape index (κ3) is 3.80. The molecule has 0 bridgehead atoms. The van der Waals surface area contributed by atoms with Crippen molar-refractivity contribution in [1.29, 1.82) is 0 Å². The van der Waals surface area contributed by atoms with Crippen LogP contribution >= 0.6 is 0 Å². The molecule has 0 aliphatic heterocycles. The largest absolute Gasteiger partial charge is 0.426 e. The Balaban J connectivity index is 3.14. The van der Waals surface area contributed by atoms with E-state index in [1.165, 1.54) is 0 Å². The minimum Gasteiger partial charge on any atom is -0.323 e. The Morgan fingerprint density at radius 1 is 1.29 bits per heavy atom. The van der Waals surface area contributed by atoms with Crippen molar-refractivity contribution in [3.8, 4) is 0 Å². The monoisotopic (exact) mass is 307 g/mol. The number of carbonyl (C=O) groups excluding carboxylic acids is 1. The quantitative estimate of drug-likeness (QED) is 0.517. The molecular formula is C12H8BF6NO. The fraction of sp³-hybridized carbons (Fsp3) is 0.250. The number of anilines is 1. The van der Waals surface area contributed by atoms with Crippen molar-refractivity contribution in [3.05, 3.63) is 36.4 Å². The van der Waals surface area contributed by atoms with E-state index in [4.69, 9.17) is 7.85 Å². The summed E-state index contributed by atoms with van der Waals surface area (Å²) >= 11 is 0. The molecule has 1 unspecified atom stereocenters. The lowest BCUT2D eigenvalue weighted by Crippen LogP contribution is -2.42. The van der Waals surface area contributed by atoms with Gasteiger partial charge in [0.1, 0.15) is 7.85 Å². The number of nitrogens with one attached hydrogen (secondary N) is 1. The van der Waals surface area contributed by atoms with Gasteiger partial charge in [-0.25, -0.2) is 4.39 Å². The van der Waals surface area contributed by atoms with Crippen molar-refractivity contribution in [2.45, 2.75) is 18.3 Å². The van der Waals surface area contributed by atoms with Gasteiger partial charge in [0.25, 0.3) is 6.17 Å². The summed E-state index contributed by atoms with van der Waals surface area (Å²) < 4.78 is 76.2. The second-order valence-electron chi connectivity index (χ2n) is 4.02. The van der Waals surface area contributed by atoms with Gasteiger partial charge in [0, 0.05) is 11.3 Å². The van der Waals surface area contributed by atoms with Gasteiger partial charge >= 0.3 is 12.1 Å². The summed E-state index contributed by atoms with van der Waals surface area (Å²) in [6.45, 7) is 3.15. The summed E-state index contributed by atoms with van der Waals surface area (Å²) in [5, 5.41) is 2.17. The van der Waals surface area contributed by atoms with Crippen molar-refractivity contribution in [2.24, 2.45) is 0 Å². The van der Waals surface area contributed by atoms with Crippen LogP contribution in [0.25, 0.3) is 0 Å². The number of carbonyl (C=O) groups is 1. The lowest BCUT2D eigenvalue weighted by molar-refractivity contribution is -0.248. The van der Waals surface area contributed by atoms with Crippen molar-refractivity contribution in [1.82, 2.24) is 0 Å². The molecule has 0 aliphatic rings. The van der Waals surface area contributed by atoms with E-state index in [0.717, 1.165) is 18.2 Å². The van der Waals surface area contributed by atoms with Crippen LogP contribution in [0.2, 0.25) is 0 Å². The molecule has 9 heteroatoms. The Labute approximate surface area is 117 Å². The fourth-order valence-electron chi connectivity index (χ4n) is 1.48. The lowest BCUT2D eigenvalue weighted by Gasteiger charge is -2.24. The molecular weight excluding hydrogens is 299 g/mol. The maximum Gasteiger partial charge on any atom is 0.426 e. The van der Waals surface area contributed by atoms with Gasteiger partial charge in [-0.3, -0.25) is 4.79 Å². The second-order valence-corrected chi connectivity index (χ2v) is 4.02. The molecule has 112 valence electrons. The molecule has 0 spiro atoms. The van der Waals surface area contributed by atoms with Crippen LogP contribution in [0, 0.1) is 0 Å². The maximum absolute atomic E-state index is 13.5. The number of hydrogen-bond donors (Lipinski definition) is 1. The summed E-state index contributed by atoms with van der Waals surface area (Å²) in [7, 11) is 5.21. The van der Waals surface area contributed by atoms with Gasteiger partial charge in [-0.15, -0.1) is 0 Å². The first-order chi connectivity index (χ1) is 9.50. The average Bonchev–Trinajstić information content (AvgIpc) is 2.36. The number of hydrogen-bond acceptors (Lipinski definition) is 1. The minimum atomic E-state index is -5.73. The number of alkyl halides is 6. The van der Waals surface area contributed by atoms with Crippen LogP contribution in [0.1, 0.15) is 5.56 Å². The van der Waals surface area contributed by atoms with Crippen LogP contribution < -0.4 is 10.8 Å². The SMILES string of the molecule is [B]c1cc(NC(=O)C=C)ccc1C(F)(F)C(F)C(F)(F)F. The maximum atomic E-state index is 13.5. The van der Waals surface area contributed by atoms with Crippen molar-refractivity contribution in [2.75, 3.05) is 5.32 Å². The topological polar surface area (TPSA) is 29.1 Å². The van der Waals surface area contributed by atoms with Crippen molar-refractivity contribution < 1.29 is 31.1 Å². The summed E-state index contributed by atoms with van der Waals surface area (Å²) in [6.07, 6.45) is -9.23. The van der Waals surface area contributed by atoms with Gasteiger partial charge in [-0.1, -0.05) is 18.1 Å². The molecule has 0 heterocycles. The molecule has 0 aliphatic carbocycles. The molecule has 1 rings (SSSR count). The van der Waals surface area contributed by atoms with Crippen LogP contribution in [0.5, 0.6) is 0 Å². The Morgan fingerprint density at radius 3 is 2.29 bits per heavy atom. The van der Waals surface area contributed by atoms with Crippen LogP contribution in [-0.2, 0) is 10.7 Å². The summed E-state index contributed by atoms with van der Waals surface area (Å²) in [5.74, 6) is -5.52. The zero-order valence-electron chi connectivity index (χ0n) is 10.3. The van der Waals surface area contributed by atoms with Gasteiger partial charge < -0.3 is 5.32 Å². The minimum absolute atomic E-state index is 0.0423. The smallest absolute Gasteiger partial charge is 0.323 e. The average molecular weight is 307 g/mol. The molecule has 0 fully saturated rings. The molecule has 1 N–H and O–H groups in total. The zero-order chi connectivity index (χ0) is 16.4. The third-order valence-corrected chi connectivity index (χ3v) is 2.47. The number of rotatable bonds is 4. The van der Waals surface area contributed by atoms with Crippen LogP contribution in [0.4, 0.5) is 32.0 Å². The van der Waals surface area contributed by atoms with E-state index in [-0.39, 0.29) is 5.69 Å². The molecule has 1 atom stereocenters. The van der Waals surface area contributed by atoms with E-state index < -0.39 is 35.2 Å². The second kappa shape index (κ2) is 5.83. The summed E-state index contributed by atoms with van der Waals surface area (Å²) in [6, 6.07) is 2.20. The van der Waals surface area contributed by atoms with E-state index >= 15 is 0 Å². The molecule has 0 saturated heterocycles. The third-order valence-electron chi connectivity index (χ3n) is 2.47. The Kier molecular flexibility index (Phi) is 4.75. The lowest BCUT2D eigenvalue weighted by atomic mass is 9.85. The van der Waals surface area contributed by atoms with Gasteiger partial charge in [-0.2, -0.15) is 22.0 Å². The molecule has 1 aromatic rings. The standard InChI is InChI=1S/C12H8BF6NO/c1-2-9(21)20-6-3-4-7(8(13)5-6)11(15,16)10(14)12(17,18)19/h2-5,10H,1H2,(H,20,21). The van der Waals surface area contributed by atoms with E-state index in [1.54, 1.807) is 0 Å². The Morgan fingerprint density at radius 2 is 1.86 bits per heavy atom. The molecule has 1 aromatic carbocycles. The highest BCUT2D eigenvalue weighted by Crippen LogP contribution is 2.41. The first kappa shape index (κ1) is 17.1. The molecule has 0 aromatic heterocycles. The number of amides is 1. The molecule has 21 heavy (non-hydrogen) atoms. The summed E-state index contributed by atoms with van der Waals surface area (Å²) in [4.78, 5) is 11.0. The number of benzene rings is 1. The van der Waals surface area contributed by atoms with Crippen molar-refractivity contribution >= 4 is 24.9 Å². The Hall–Kier alpha value is -1.93. The fourth-order valence-corrected chi connectivity index (χ4v) is 1.48. The van der Waals surface area contributed by atoms with Crippen LogP contribution in [0.15, 0.2) is 30.9 Å². The molecule has 0 saturated carbocycles. The van der Waals surface area contributed by atoms with Gasteiger partial charge in [-0.05, 0) is 18.2 Å². The molecule has 1 amide bonds. The first-order valence-corrected chi connectivity index (χ1v) is 5.42. The summed E-state index contributed by atoms with van der Waals surface area (Å²) in [5.41, 5.74) is -2.14. The first-order valence-electron chi connectivity index (χ1n) is 5.42. The van der Waals surface area contributed by atoms with Crippen molar-refractivity contribution in [3.63, 3.8) is 0 Å². The highest BCUT2D eigenvalue weighted by Gasteiger charge is 2.57. The van der Waals surface area contributed by atoms with Crippen LogP contribution in [-0.4, -0.2) is 26.1 Å². The van der Waals surface area contributed by atoms with E-state index in [1.807, 2.05) is 0 Å². The highest BCUT2D eigenvalue weighted by atomic mass is 19.4. The predicted octanol–water partition coefficient (Wildman–Crippen LogP) is 2.60. The highest BCUT2D eigenvalue weighted by molar-refractivity contribution is 6.34. The van der Waals surface area contributed by atoms with Gasteiger partial charge in [0.15, 0.2) is 0 Å². The van der Waals surface area contributed by atoms with Gasteiger partial charge in [0.2, 0.25) is 5.91 Å². The van der Waals surface area contributed by atoms with Crippen LogP contribution in [0.3, 0.4) is 0 Å². The zero-order valence-corrected chi connectivity index (χ0v) is 10.3. The van der Waals surface area contributed by atoms with E-state index in [9.17, 15) is 31.1 Å². The normalized spacial score (nSPS) is 13.6. The molecule has 2 nitrogen and oxygen atoms in total. The van der Waals surface area contributed by atoms with Gasteiger partial charge in [0.05, 0.1) is 0 Å². The van der Waals surface area contributed by atoms with E-state index in [2.05, 4.69) is 11.9 Å². The Bertz CT molecular complexity index is 557.